The highest BCUT2D eigenvalue weighted by atomic mass is 32.2. The number of aryl methyl sites for hydroxylation is 1. The van der Waals surface area contributed by atoms with Crippen LogP contribution in [0.5, 0.6) is 0 Å². The summed E-state index contributed by atoms with van der Waals surface area (Å²) < 4.78 is 0. The summed E-state index contributed by atoms with van der Waals surface area (Å²) in [6, 6.07) is 15.4. The Morgan fingerprint density at radius 2 is 2.00 bits per heavy atom. The maximum absolute atomic E-state index is 9.44. The molecule has 116 valence electrons. The molecule has 0 saturated carbocycles. The third-order valence-corrected chi connectivity index (χ3v) is 5.22. The van der Waals surface area contributed by atoms with Gasteiger partial charge in [0.05, 0.1) is 6.61 Å². The summed E-state index contributed by atoms with van der Waals surface area (Å²) in [6.07, 6.45) is 5.75. The van der Waals surface area contributed by atoms with Gasteiger partial charge in [-0.1, -0.05) is 30.3 Å². The molecule has 2 aromatic rings. The second-order valence-corrected chi connectivity index (χ2v) is 6.70. The highest BCUT2D eigenvalue weighted by molar-refractivity contribution is 7.98. The second-order valence-electron chi connectivity index (χ2n) is 5.82. The van der Waals surface area contributed by atoms with Gasteiger partial charge in [0.1, 0.15) is 0 Å². The van der Waals surface area contributed by atoms with Crippen molar-refractivity contribution in [3.8, 4) is 0 Å². The molecule has 0 heterocycles. The van der Waals surface area contributed by atoms with Crippen molar-refractivity contribution in [1.29, 1.82) is 0 Å². The third-order valence-electron chi connectivity index (χ3n) is 4.49. The van der Waals surface area contributed by atoms with Gasteiger partial charge in [-0.05, 0) is 59.9 Å². The summed E-state index contributed by atoms with van der Waals surface area (Å²) in [5, 5.41) is 13.1. The van der Waals surface area contributed by atoms with Crippen LogP contribution in [0, 0.1) is 0 Å². The van der Waals surface area contributed by atoms with E-state index >= 15 is 0 Å². The van der Waals surface area contributed by atoms with Gasteiger partial charge in [0.25, 0.3) is 0 Å². The van der Waals surface area contributed by atoms with E-state index < -0.39 is 0 Å². The Morgan fingerprint density at radius 3 is 2.77 bits per heavy atom. The van der Waals surface area contributed by atoms with Gasteiger partial charge in [0.15, 0.2) is 0 Å². The van der Waals surface area contributed by atoms with Gasteiger partial charge in [-0.3, -0.25) is 0 Å². The van der Waals surface area contributed by atoms with Crippen molar-refractivity contribution in [1.82, 2.24) is 5.32 Å². The molecule has 22 heavy (non-hydrogen) atoms. The Morgan fingerprint density at radius 1 is 1.18 bits per heavy atom. The minimum Gasteiger partial charge on any atom is -0.392 e. The van der Waals surface area contributed by atoms with Gasteiger partial charge in [-0.2, -0.15) is 0 Å². The van der Waals surface area contributed by atoms with Crippen molar-refractivity contribution in [2.45, 2.75) is 43.4 Å². The lowest BCUT2D eigenvalue weighted by molar-refractivity contribution is 0.280. The lowest BCUT2D eigenvalue weighted by Crippen LogP contribution is -2.25. The molecule has 0 amide bonds. The standard InChI is InChI=1S/C19H23NOS/c1-22-17-9-10-18-14(11-17)7-4-8-19(18)20-12-15-5-2-3-6-16(15)13-21/h2-3,5-6,9-11,19-21H,4,7-8,12-13H2,1H3. The Labute approximate surface area is 137 Å². The molecule has 0 radical (unpaired) electrons. The number of thioether (sulfide) groups is 1. The number of nitrogens with one attached hydrogen (secondary N) is 1. The molecule has 2 N–H and O–H groups in total. The van der Waals surface area contributed by atoms with Crippen LogP contribution in [0.4, 0.5) is 0 Å². The molecule has 2 aromatic carbocycles. The first-order chi connectivity index (χ1) is 10.8. The summed E-state index contributed by atoms with van der Waals surface area (Å²) in [5.74, 6) is 0. The van der Waals surface area contributed by atoms with Crippen molar-refractivity contribution in [3.63, 3.8) is 0 Å². The van der Waals surface area contributed by atoms with Crippen LogP contribution in [0.3, 0.4) is 0 Å². The number of aliphatic hydroxyl groups excluding tert-OH is 1. The number of hydrogen-bond acceptors (Lipinski definition) is 3. The second kappa shape index (κ2) is 7.32. The number of hydrogen-bond donors (Lipinski definition) is 2. The van der Waals surface area contributed by atoms with Gasteiger partial charge in [0.2, 0.25) is 0 Å². The van der Waals surface area contributed by atoms with Gasteiger partial charge < -0.3 is 10.4 Å². The Kier molecular flexibility index (Phi) is 5.19. The first-order valence-electron chi connectivity index (χ1n) is 7.89. The quantitative estimate of drug-likeness (QED) is 0.816. The fraction of sp³-hybridized carbons (Fsp3) is 0.368. The summed E-state index contributed by atoms with van der Waals surface area (Å²) >= 11 is 1.81. The van der Waals surface area contributed by atoms with Crippen LogP contribution in [0.2, 0.25) is 0 Å². The lowest BCUT2D eigenvalue weighted by atomic mass is 9.87. The number of rotatable bonds is 5. The van der Waals surface area contributed by atoms with Crippen molar-refractivity contribution in [2.24, 2.45) is 0 Å². The first kappa shape index (κ1) is 15.6. The molecule has 0 bridgehead atoms. The van der Waals surface area contributed by atoms with Crippen LogP contribution in [0.15, 0.2) is 47.4 Å². The summed E-state index contributed by atoms with van der Waals surface area (Å²) in [5.41, 5.74) is 5.15. The van der Waals surface area contributed by atoms with Gasteiger partial charge in [-0.15, -0.1) is 11.8 Å². The molecular formula is C19H23NOS. The minimum absolute atomic E-state index is 0.107. The van der Waals surface area contributed by atoms with E-state index in [0.29, 0.717) is 6.04 Å². The van der Waals surface area contributed by atoms with E-state index in [2.05, 4.69) is 35.8 Å². The summed E-state index contributed by atoms with van der Waals surface area (Å²) in [4.78, 5) is 1.35. The predicted octanol–water partition coefficient (Wildman–Crippen LogP) is 4.07. The van der Waals surface area contributed by atoms with E-state index in [1.54, 1.807) is 0 Å². The Bertz CT molecular complexity index is 641. The Hall–Kier alpha value is -1.29. The SMILES string of the molecule is CSc1ccc2c(c1)CCCC2NCc1ccccc1CO. The van der Waals surface area contributed by atoms with E-state index in [1.165, 1.54) is 40.8 Å². The predicted molar refractivity (Wildman–Crippen MR) is 93.1 cm³/mol. The maximum Gasteiger partial charge on any atom is 0.0685 e. The van der Waals surface area contributed by atoms with E-state index in [4.69, 9.17) is 0 Å². The number of aliphatic hydroxyl groups is 1. The average Bonchev–Trinajstić information content (AvgIpc) is 2.59. The molecule has 0 spiro atoms. The minimum atomic E-state index is 0.107. The molecule has 0 fully saturated rings. The molecule has 1 unspecified atom stereocenters. The molecule has 1 atom stereocenters. The third kappa shape index (κ3) is 3.37. The highest BCUT2D eigenvalue weighted by Crippen LogP contribution is 2.32. The first-order valence-corrected chi connectivity index (χ1v) is 9.12. The van der Waals surface area contributed by atoms with Crippen LogP contribution >= 0.6 is 11.8 Å². The molecule has 3 rings (SSSR count). The van der Waals surface area contributed by atoms with Crippen molar-refractivity contribution >= 4 is 11.8 Å². The van der Waals surface area contributed by atoms with E-state index in [9.17, 15) is 5.11 Å². The molecule has 2 nitrogen and oxygen atoms in total. The highest BCUT2D eigenvalue weighted by Gasteiger charge is 2.20. The number of benzene rings is 2. The zero-order chi connectivity index (χ0) is 15.4. The molecular weight excluding hydrogens is 290 g/mol. The molecule has 0 aromatic heterocycles. The average molecular weight is 313 g/mol. The lowest BCUT2D eigenvalue weighted by Gasteiger charge is -2.27. The maximum atomic E-state index is 9.44. The van der Waals surface area contributed by atoms with Crippen LogP contribution in [0.25, 0.3) is 0 Å². The monoisotopic (exact) mass is 313 g/mol. The Balaban J connectivity index is 1.75. The van der Waals surface area contributed by atoms with E-state index in [-0.39, 0.29) is 6.61 Å². The molecule has 0 aliphatic heterocycles. The van der Waals surface area contributed by atoms with Crippen molar-refractivity contribution < 1.29 is 5.11 Å². The fourth-order valence-electron chi connectivity index (χ4n) is 3.25. The fourth-order valence-corrected chi connectivity index (χ4v) is 3.71. The molecule has 3 heteroatoms. The summed E-state index contributed by atoms with van der Waals surface area (Å²) in [6.45, 7) is 0.918. The smallest absolute Gasteiger partial charge is 0.0685 e. The van der Waals surface area contributed by atoms with E-state index in [0.717, 1.165) is 12.1 Å². The van der Waals surface area contributed by atoms with Gasteiger partial charge in [-0.25, -0.2) is 0 Å². The van der Waals surface area contributed by atoms with Crippen LogP contribution in [-0.4, -0.2) is 11.4 Å². The van der Waals surface area contributed by atoms with E-state index in [1.807, 2.05) is 30.0 Å². The van der Waals surface area contributed by atoms with Crippen LogP contribution < -0.4 is 5.32 Å². The normalized spacial score (nSPS) is 17.3. The van der Waals surface area contributed by atoms with Crippen LogP contribution in [0.1, 0.15) is 41.1 Å². The summed E-state index contributed by atoms with van der Waals surface area (Å²) in [7, 11) is 0. The van der Waals surface area contributed by atoms with Crippen molar-refractivity contribution in [2.75, 3.05) is 6.26 Å². The topological polar surface area (TPSA) is 32.3 Å². The zero-order valence-corrected chi connectivity index (χ0v) is 13.8. The number of fused-ring (bicyclic) bond motifs is 1. The largest absolute Gasteiger partial charge is 0.392 e. The van der Waals surface area contributed by atoms with Crippen molar-refractivity contribution in [3.05, 3.63) is 64.7 Å². The van der Waals surface area contributed by atoms with Gasteiger partial charge in [0, 0.05) is 17.5 Å². The molecule has 1 aliphatic rings. The van der Waals surface area contributed by atoms with Crippen LogP contribution in [-0.2, 0) is 19.6 Å². The zero-order valence-electron chi connectivity index (χ0n) is 13.0. The molecule has 1 aliphatic carbocycles. The molecule has 0 saturated heterocycles. The van der Waals surface area contributed by atoms with Gasteiger partial charge >= 0.3 is 0 Å².